The molecule has 2 rings (SSSR count). The predicted molar refractivity (Wildman–Crippen MR) is 101 cm³/mol. The van der Waals surface area contributed by atoms with Crippen LogP contribution in [-0.2, 0) is 6.42 Å². The molecule has 134 valence electrons. The second-order valence-corrected chi connectivity index (χ2v) is 6.26. The Hall–Kier alpha value is -1.75. The van der Waals surface area contributed by atoms with E-state index in [1.54, 1.807) is 7.11 Å². The van der Waals surface area contributed by atoms with Crippen molar-refractivity contribution in [1.82, 2.24) is 15.5 Å². The minimum Gasteiger partial charge on any atom is -0.496 e. The molecule has 5 nitrogen and oxygen atoms in total. The average molecular weight is 332 g/mol. The molecule has 0 aromatic heterocycles. The van der Waals surface area contributed by atoms with Crippen molar-refractivity contribution < 1.29 is 4.74 Å². The van der Waals surface area contributed by atoms with Gasteiger partial charge in [-0.15, -0.1) is 0 Å². The molecule has 0 amide bonds. The van der Waals surface area contributed by atoms with Crippen molar-refractivity contribution in [3.63, 3.8) is 0 Å². The molecule has 1 saturated heterocycles. The zero-order valence-electron chi connectivity index (χ0n) is 15.3. The van der Waals surface area contributed by atoms with E-state index in [-0.39, 0.29) is 0 Å². The second kappa shape index (κ2) is 10.2. The van der Waals surface area contributed by atoms with Crippen LogP contribution in [0.1, 0.15) is 25.8 Å². The van der Waals surface area contributed by atoms with Crippen molar-refractivity contribution in [3.05, 3.63) is 29.8 Å². The van der Waals surface area contributed by atoms with Crippen LogP contribution in [0.15, 0.2) is 29.3 Å². The Morgan fingerprint density at radius 2 is 2.12 bits per heavy atom. The average Bonchev–Trinajstić information content (AvgIpc) is 3.08. The highest BCUT2D eigenvalue weighted by molar-refractivity contribution is 5.79. The molecule has 2 N–H and O–H groups in total. The van der Waals surface area contributed by atoms with Crippen LogP contribution in [0, 0.1) is 5.92 Å². The largest absolute Gasteiger partial charge is 0.496 e. The van der Waals surface area contributed by atoms with Gasteiger partial charge in [0.25, 0.3) is 0 Å². The first-order valence-electron chi connectivity index (χ1n) is 9.13. The third-order valence-corrected chi connectivity index (χ3v) is 4.55. The molecule has 1 atom stereocenters. The van der Waals surface area contributed by atoms with Crippen LogP contribution < -0.4 is 15.4 Å². The zero-order valence-corrected chi connectivity index (χ0v) is 15.3. The predicted octanol–water partition coefficient (Wildman–Crippen LogP) is 2.13. The number of likely N-dealkylation sites (tertiary alicyclic amines) is 1. The van der Waals surface area contributed by atoms with Crippen LogP contribution in [0.3, 0.4) is 0 Å². The summed E-state index contributed by atoms with van der Waals surface area (Å²) in [5, 5.41) is 6.78. The van der Waals surface area contributed by atoms with Gasteiger partial charge in [0.15, 0.2) is 5.96 Å². The molecule has 1 fully saturated rings. The molecule has 1 heterocycles. The van der Waals surface area contributed by atoms with Gasteiger partial charge in [-0.3, -0.25) is 4.99 Å². The summed E-state index contributed by atoms with van der Waals surface area (Å²) in [6.07, 6.45) is 2.18. The quantitative estimate of drug-likeness (QED) is 0.566. The van der Waals surface area contributed by atoms with Gasteiger partial charge in [-0.2, -0.15) is 0 Å². The van der Waals surface area contributed by atoms with Crippen molar-refractivity contribution in [3.8, 4) is 5.75 Å². The summed E-state index contributed by atoms with van der Waals surface area (Å²) in [6.45, 7) is 10.5. The molecule has 1 aromatic carbocycles. The minimum atomic E-state index is 0.689. The van der Waals surface area contributed by atoms with Gasteiger partial charge < -0.3 is 20.3 Å². The Labute approximate surface area is 146 Å². The van der Waals surface area contributed by atoms with Crippen LogP contribution in [0.2, 0.25) is 0 Å². The molecular weight excluding hydrogens is 300 g/mol. The molecule has 0 bridgehead atoms. The zero-order chi connectivity index (χ0) is 17.2. The molecule has 0 aliphatic carbocycles. The number of rotatable bonds is 8. The third kappa shape index (κ3) is 5.71. The van der Waals surface area contributed by atoms with Crippen LogP contribution in [-0.4, -0.2) is 57.2 Å². The number of ether oxygens (including phenoxy) is 1. The maximum atomic E-state index is 5.41. The molecule has 1 aromatic rings. The summed E-state index contributed by atoms with van der Waals surface area (Å²) in [6, 6.07) is 8.18. The summed E-state index contributed by atoms with van der Waals surface area (Å²) >= 11 is 0. The van der Waals surface area contributed by atoms with Crippen molar-refractivity contribution in [1.29, 1.82) is 0 Å². The van der Waals surface area contributed by atoms with E-state index in [1.807, 2.05) is 12.1 Å². The van der Waals surface area contributed by atoms with Crippen LogP contribution in [0.4, 0.5) is 0 Å². The lowest BCUT2D eigenvalue weighted by Crippen LogP contribution is -2.38. The Balaban J connectivity index is 1.81. The number of hydrogen-bond donors (Lipinski definition) is 2. The summed E-state index contributed by atoms with van der Waals surface area (Å²) < 4.78 is 5.41. The van der Waals surface area contributed by atoms with Crippen molar-refractivity contribution >= 4 is 5.96 Å². The minimum absolute atomic E-state index is 0.689. The number of nitrogens with one attached hydrogen (secondary N) is 2. The summed E-state index contributed by atoms with van der Waals surface area (Å²) in [7, 11) is 1.72. The van der Waals surface area contributed by atoms with Crippen molar-refractivity contribution in [2.75, 3.05) is 46.4 Å². The van der Waals surface area contributed by atoms with Gasteiger partial charge >= 0.3 is 0 Å². The van der Waals surface area contributed by atoms with Gasteiger partial charge in [-0.05, 0) is 50.4 Å². The van der Waals surface area contributed by atoms with Crippen molar-refractivity contribution in [2.24, 2.45) is 10.9 Å². The number of para-hydroxylation sites is 1. The van der Waals surface area contributed by atoms with Crippen molar-refractivity contribution in [2.45, 2.75) is 26.7 Å². The Morgan fingerprint density at radius 1 is 1.29 bits per heavy atom. The van der Waals surface area contributed by atoms with Gasteiger partial charge in [-0.1, -0.05) is 25.1 Å². The Kier molecular flexibility index (Phi) is 7.89. The highest BCUT2D eigenvalue weighted by atomic mass is 16.5. The van der Waals surface area contributed by atoms with Gasteiger partial charge in [-0.25, -0.2) is 0 Å². The number of aliphatic imine (C=N–C) groups is 1. The standard InChI is InChI=1S/C19H32N4O/c1-4-20-19(22-14-16-11-13-23(5-2)15-16)21-12-10-17-8-6-7-9-18(17)24-3/h6-9,16H,4-5,10-15H2,1-3H3,(H2,20,21,22). The lowest BCUT2D eigenvalue weighted by Gasteiger charge is -2.14. The van der Waals surface area contributed by atoms with Crippen LogP contribution >= 0.6 is 0 Å². The highest BCUT2D eigenvalue weighted by Gasteiger charge is 2.20. The summed E-state index contributed by atoms with van der Waals surface area (Å²) in [5.74, 6) is 2.56. The lowest BCUT2D eigenvalue weighted by molar-refractivity contribution is 0.343. The number of hydrogen-bond acceptors (Lipinski definition) is 3. The summed E-state index contributed by atoms with van der Waals surface area (Å²) in [5.41, 5.74) is 1.22. The molecule has 5 heteroatoms. The van der Waals surface area contributed by atoms with Crippen LogP contribution in [0.25, 0.3) is 0 Å². The van der Waals surface area contributed by atoms with E-state index < -0.39 is 0 Å². The SMILES string of the molecule is CCNC(=NCC1CCN(CC)C1)NCCc1ccccc1OC. The first kappa shape index (κ1) is 18.6. The molecule has 0 spiro atoms. The van der Waals surface area contributed by atoms with E-state index in [4.69, 9.17) is 9.73 Å². The molecular formula is C19H32N4O. The van der Waals surface area contributed by atoms with Gasteiger partial charge in [0.05, 0.1) is 7.11 Å². The Bertz CT molecular complexity index is 518. The Morgan fingerprint density at radius 3 is 2.83 bits per heavy atom. The fourth-order valence-corrected chi connectivity index (χ4v) is 3.14. The molecule has 0 radical (unpaired) electrons. The molecule has 1 unspecified atom stereocenters. The molecule has 1 aliphatic heterocycles. The van der Waals surface area contributed by atoms with E-state index in [0.29, 0.717) is 5.92 Å². The van der Waals surface area contributed by atoms with Gasteiger partial charge in [0.2, 0.25) is 0 Å². The lowest BCUT2D eigenvalue weighted by atomic mass is 10.1. The molecule has 1 aliphatic rings. The maximum absolute atomic E-state index is 5.41. The second-order valence-electron chi connectivity index (χ2n) is 6.26. The molecule has 0 saturated carbocycles. The smallest absolute Gasteiger partial charge is 0.191 e. The van der Waals surface area contributed by atoms with Gasteiger partial charge in [0.1, 0.15) is 5.75 Å². The monoisotopic (exact) mass is 332 g/mol. The number of guanidine groups is 1. The highest BCUT2D eigenvalue weighted by Crippen LogP contribution is 2.17. The normalized spacial score (nSPS) is 18.6. The first-order valence-corrected chi connectivity index (χ1v) is 9.13. The number of methoxy groups -OCH3 is 1. The van der Waals surface area contributed by atoms with E-state index in [0.717, 1.165) is 44.3 Å². The fraction of sp³-hybridized carbons (Fsp3) is 0.632. The summed E-state index contributed by atoms with van der Waals surface area (Å²) in [4.78, 5) is 7.28. The van der Waals surface area contributed by atoms with E-state index in [9.17, 15) is 0 Å². The topological polar surface area (TPSA) is 48.9 Å². The number of benzene rings is 1. The maximum Gasteiger partial charge on any atom is 0.191 e. The van der Waals surface area contributed by atoms with E-state index in [2.05, 4.69) is 41.5 Å². The van der Waals surface area contributed by atoms with Gasteiger partial charge in [0, 0.05) is 26.2 Å². The molecule has 24 heavy (non-hydrogen) atoms. The third-order valence-electron chi connectivity index (χ3n) is 4.55. The van der Waals surface area contributed by atoms with Crippen LogP contribution in [0.5, 0.6) is 5.75 Å². The van der Waals surface area contributed by atoms with E-state index in [1.165, 1.54) is 25.1 Å². The van der Waals surface area contributed by atoms with E-state index >= 15 is 0 Å². The first-order chi connectivity index (χ1) is 11.8. The fourth-order valence-electron chi connectivity index (χ4n) is 3.14. The number of nitrogens with zero attached hydrogens (tertiary/aromatic N) is 2.